The van der Waals surface area contributed by atoms with Crippen LogP contribution >= 0.6 is 0 Å². The zero-order valence-electron chi connectivity index (χ0n) is 10.6. The second-order valence-electron chi connectivity index (χ2n) is 3.94. The first-order chi connectivity index (χ1) is 7.69. The van der Waals surface area contributed by atoms with Gasteiger partial charge in [-0.05, 0) is 6.92 Å². The van der Waals surface area contributed by atoms with Crippen molar-refractivity contribution in [2.24, 2.45) is 0 Å². The van der Waals surface area contributed by atoms with E-state index in [1.807, 2.05) is 6.92 Å². The van der Waals surface area contributed by atoms with Crippen LogP contribution in [0.3, 0.4) is 0 Å². The first-order valence-electron chi connectivity index (χ1n) is 5.42. The van der Waals surface area contributed by atoms with Crippen molar-refractivity contribution in [3.05, 3.63) is 0 Å². The summed E-state index contributed by atoms with van der Waals surface area (Å²) in [6.45, 7) is 2.45. The topological polar surface area (TPSA) is 46.2 Å². The highest BCUT2D eigenvalue weighted by molar-refractivity contribution is 4.93. The molecule has 1 heterocycles. The van der Waals surface area contributed by atoms with Crippen LogP contribution in [-0.2, 0) is 23.7 Å². The van der Waals surface area contributed by atoms with Crippen molar-refractivity contribution < 1.29 is 23.7 Å². The molecule has 0 spiro atoms. The molecule has 1 fully saturated rings. The molecule has 5 nitrogen and oxygen atoms in total. The van der Waals surface area contributed by atoms with Crippen molar-refractivity contribution >= 4 is 0 Å². The maximum atomic E-state index is 5.81. The van der Waals surface area contributed by atoms with E-state index in [-0.39, 0.29) is 30.5 Å². The molecule has 96 valence electrons. The Morgan fingerprint density at radius 1 is 0.875 bits per heavy atom. The minimum atomic E-state index is -0.175. The third-order valence-corrected chi connectivity index (χ3v) is 3.01. The van der Waals surface area contributed by atoms with Gasteiger partial charge in [0.1, 0.15) is 24.4 Å². The van der Waals surface area contributed by atoms with Crippen LogP contribution in [0, 0.1) is 0 Å². The third kappa shape index (κ3) is 2.73. The average Bonchev–Trinajstić information content (AvgIpc) is 2.28. The maximum Gasteiger partial charge on any atom is 0.114 e. The lowest BCUT2D eigenvalue weighted by Gasteiger charge is -2.43. The van der Waals surface area contributed by atoms with Gasteiger partial charge in [0.25, 0.3) is 0 Å². The molecular weight excluding hydrogens is 212 g/mol. The van der Waals surface area contributed by atoms with E-state index in [1.54, 1.807) is 28.4 Å². The fraction of sp³-hybridized carbons (Fsp3) is 1.00. The summed E-state index contributed by atoms with van der Waals surface area (Å²) in [6, 6.07) is 0. The number of hydrogen-bond acceptors (Lipinski definition) is 5. The molecule has 0 saturated carbocycles. The molecule has 0 N–H and O–H groups in total. The molecule has 1 aliphatic heterocycles. The van der Waals surface area contributed by atoms with Gasteiger partial charge in [-0.3, -0.25) is 0 Å². The Morgan fingerprint density at radius 2 is 1.44 bits per heavy atom. The molecule has 0 amide bonds. The molecule has 0 aromatic carbocycles. The highest BCUT2D eigenvalue weighted by Gasteiger charge is 2.45. The first kappa shape index (κ1) is 13.9. The monoisotopic (exact) mass is 234 g/mol. The zero-order valence-corrected chi connectivity index (χ0v) is 10.6. The van der Waals surface area contributed by atoms with Gasteiger partial charge in [-0.2, -0.15) is 0 Å². The highest BCUT2D eigenvalue weighted by atomic mass is 16.6. The Kier molecular flexibility index (Phi) is 5.64. The maximum absolute atomic E-state index is 5.81. The van der Waals surface area contributed by atoms with E-state index in [0.717, 1.165) is 0 Å². The predicted molar refractivity (Wildman–Crippen MR) is 58.6 cm³/mol. The lowest BCUT2D eigenvalue weighted by molar-refractivity contribution is -0.245. The second kappa shape index (κ2) is 6.51. The van der Waals surface area contributed by atoms with Crippen LogP contribution in [0.2, 0.25) is 0 Å². The number of rotatable bonds is 5. The Bertz CT molecular complexity index is 199. The molecule has 1 saturated heterocycles. The Morgan fingerprint density at radius 3 is 1.88 bits per heavy atom. The Hall–Kier alpha value is -0.200. The van der Waals surface area contributed by atoms with Crippen LogP contribution in [0.1, 0.15) is 6.92 Å². The first-order valence-corrected chi connectivity index (χ1v) is 5.42. The summed E-state index contributed by atoms with van der Waals surface area (Å²) in [5, 5.41) is 0. The number of ether oxygens (including phenoxy) is 5. The molecule has 0 aromatic rings. The van der Waals surface area contributed by atoms with E-state index in [2.05, 4.69) is 0 Å². The fourth-order valence-electron chi connectivity index (χ4n) is 2.27. The third-order valence-electron chi connectivity index (χ3n) is 3.01. The summed E-state index contributed by atoms with van der Waals surface area (Å²) in [7, 11) is 6.60. The van der Waals surface area contributed by atoms with Gasteiger partial charge in [0.15, 0.2) is 0 Å². The van der Waals surface area contributed by atoms with Crippen molar-refractivity contribution in [1.82, 2.24) is 0 Å². The zero-order chi connectivity index (χ0) is 12.1. The quantitative estimate of drug-likeness (QED) is 0.692. The SMILES string of the molecule is COCC1OC(C)C(OC)[C@@H](OC)[C@@H]1OC. The van der Waals surface area contributed by atoms with Crippen molar-refractivity contribution in [1.29, 1.82) is 0 Å². The molecule has 5 heteroatoms. The fourth-order valence-corrected chi connectivity index (χ4v) is 2.27. The summed E-state index contributed by atoms with van der Waals surface area (Å²) in [5.74, 6) is 0. The van der Waals surface area contributed by atoms with Crippen molar-refractivity contribution in [3.8, 4) is 0 Å². The van der Waals surface area contributed by atoms with Gasteiger partial charge >= 0.3 is 0 Å². The number of methoxy groups -OCH3 is 4. The molecule has 16 heavy (non-hydrogen) atoms. The summed E-state index contributed by atoms with van der Waals surface area (Å²) < 4.78 is 27.2. The molecule has 0 aliphatic carbocycles. The average molecular weight is 234 g/mol. The van der Waals surface area contributed by atoms with Crippen LogP contribution < -0.4 is 0 Å². The van der Waals surface area contributed by atoms with E-state index in [9.17, 15) is 0 Å². The summed E-state index contributed by atoms with van der Waals surface area (Å²) >= 11 is 0. The van der Waals surface area contributed by atoms with Gasteiger partial charge in [-0.15, -0.1) is 0 Å². The van der Waals surface area contributed by atoms with Crippen molar-refractivity contribution in [2.45, 2.75) is 37.4 Å². The van der Waals surface area contributed by atoms with Crippen LogP contribution in [0.15, 0.2) is 0 Å². The van der Waals surface area contributed by atoms with E-state index in [0.29, 0.717) is 6.61 Å². The van der Waals surface area contributed by atoms with Crippen LogP contribution in [-0.4, -0.2) is 65.6 Å². The second-order valence-corrected chi connectivity index (χ2v) is 3.94. The molecule has 0 radical (unpaired) electrons. The van der Waals surface area contributed by atoms with Crippen LogP contribution in [0.25, 0.3) is 0 Å². The number of hydrogen-bond donors (Lipinski definition) is 0. The van der Waals surface area contributed by atoms with Gasteiger partial charge in [-0.25, -0.2) is 0 Å². The van der Waals surface area contributed by atoms with Gasteiger partial charge in [0, 0.05) is 28.4 Å². The summed E-state index contributed by atoms with van der Waals surface area (Å²) in [4.78, 5) is 0. The Balaban J connectivity index is 2.78. The molecule has 1 aliphatic rings. The van der Waals surface area contributed by atoms with Gasteiger partial charge < -0.3 is 23.7 Å². The van der Waals surface area contributed by atoms with E-state index >= 15 is 0 Å². The van der Waals surface area contributed by atoms with E-state index in [4.69, 9.17) is 23.7 Å². The van der Waals surface area contributed by atoms with E-state index in [1.165, 1.54) is 0 Å². The van der Waals surface area contributed by atoms with Crippen LogP contribution in [0.4, 0.5) is 0 Å². The summed E-state index contributed by atoms with van der Waals surface area (Å²) in [6.07, 6.45) is -0.601. The smallest absolute Gasteiger partial charge is 0.114 e. The van der Waals surface area contributed by atoms with Gasteiger partial charge in [0.05, 0.1) is 12.7 Å². The minimum Gasteiger partial charge on any atom is -0.382 e. The molecule has 5 atom stereocenters. The lowest BCUT2D eigenvalue weighted by Crippen LogP contribution is -2.59. The Labute approximate surface area is 97.0 Å². The molecule has 0 bridgehead atoms. The normalized spacial score (nSPS) is 39.9. The molecule has 0 aromatic heterocycles. The van der Waals surface area contributed by atoms with Gasteiger partial charge in [0.2, 0.25) is 0 Å². The minimum absolute atomic E-state index is 0.0403. The highest BCUT2D eigenvalue weighted by Crippen LogP contribution is 2.26. The largest absolute Gasteiger partial charge is 0.382 e. The molecule has 3 unspecified atom stereocenters. The standard InChI is InChI=1S/C11H22O5/c1-7-9(13-3)11(15-5)10(14-4)8(16-7)6-12-2/h7-11H,6H2,1-5H3/t7?,8?,9?,10-,11-/m1/s1. The lowest BCUT2D eigenvalue weighted by atomic mass is 9.95. The van der Waals surface area contributed by atoms with Crippen molar-refractivity contribution in [2.75, 3.05) is 35.0 Å². The van der Waals surface area contributed by atoms with E-state index < -0.39 is 0 Å². The van der Waals surface area contributed by atoms with Crippen molar-refractivity contribution in [3.63, 3.8) is 0 Å². The predicted octanol–water partition coefficient (Wildman–Crippen LogP) is 0.465. The van der Waals surface area contributed by atoms with Gasteiger partial charge in [-0.1, -0.05) is 0 Å². The molecular formula is C11H22O5. The van der Waals surface area contributed by atoms with Crippen LogP contribution in [0.5, 0.6) is 0 Å². The summed E-state index contributed by atoms with van der Waals surface area (Å²) in [5.41, 5.74) is 0. The molecule has 1 rings (SSSR count).